The minimum Gasteiger partial charge on any atom is -0.431 e. The molecule has 11 nitrogen and oxygen atoms in total. The average Bonchev–Trinajstić information content (AvgIpc) is 3.21. The molecule has 0 unspecified atom stereocenters. The van der Waals surface area contributed by atoms with E-state index in [2.05, 4.69) is 15.6 Å². The summed E-state index contributed by atoms with van der Waals surface area (Å²) in [4.78, 5) is 28.1. The van der Waals surface area contributed by atoms with Gasteiger partial charge in [-0.05, 0) is 30.5 Å². The molecular formula is C22H30F2N4O7S. The van der Waals surface area contributed by atoms with Gasteiger partial charge >= 0.3 is 6.01 Å². The Morgan fingerprint density at radius 3 is 2.25 bits per heavy atom. The number of benzene rings is 1. The fourth-order valence-corrected chi connectivity index (χ4v) is 3.97. The second-order valence-corrected chi connectivity index (χ2v) is 10.2. The molecule has 36 heavy (non-hydrogen) atoms. The maximum atomic E-state index is 13.7. The number of unbranched alkanes of at least 4 members (excludes halogenated alkanes) is 1. The van der Waals surface area contributed by atoms with Crippen LogP contribution in [0.4, 0.5) is 14.8 Å². The third-order valence-corrected chi connectivity index (χ3v) is 5.68. The lowest BCUT2D eigenvalue weighted by atomic mass is 9.91. The Morgan fingerprint density at radius 1 is 1.08 bits per heavy atom. The molecule has 2 aromatic rings. The van der Waals surface area contributed by atoms with E-state index >= 15 is 0 Å². The summed E-state index contributed by atoms with van der Waals surface area (Å²) in [5.41, 5.74) is -0.282. The summed E-state index contributed by atoms with van der Waals surface area (Å²) in [6.45, 7) is 3.15. The lowest BCUT2D eigenvalue weighted by Crippen LogP contribution is -2.56. The van der Waals surface area contributed by atoms with E-state index < -0.39 is 63.8 Å². The van der Waals surface area contributed by atoms with Crippen LogP contribution >= 0.6 is 0 Å². The molecule has 5 N–H and O–H groups in total. The molecule has 0 saturated carbocycles. The van der Waals surface area contributed by atoms with Gasteiger partial charge in [-0.3, -0.25) is 9.59 Å². The molecule has 0 aliphatic rings. The van der Waals surface area contributed by atoms with Crippen molar-refractivity contribution >= 4 is 27.9 Å². The molecule has 2 amide bonds. The first-order valence-corrected chi connectivity index (χ1v) is 13.0. The van der Waals surface area contributed by atoms with Gasteiger partial charge in [-0.15, -0.1) is 0 Å². The van der Waals surface area contributed by atoms with Gasteiger partial charge in [0, 0.05) is 13.0 Å². The van der Waals surface area contributed by atoms with Gasteiger partial charge in [-0.25, -0.2) is 21.9 Å². The zero-order valence-electron chi connectivity index (χ0n) is 20.0. The number of oxazole rings is 1. The smallest absolute Gasteiger partial charge is 0.309 e. The summed E-state index contributed by atoms with van der Waals surface area (Å²) in [6, 6.07) is 0.0404. The number of carbonyl (C=O) groups excluding carboxylic acids is 2. The number of carbonyl (C=O) groups is 2. The van der Waals surface area contributed by atoms with E-state index in [1.54, 1.807) is 0 Å². The second-order valence-electron chi connectivity index (χ2n) is 8.40. The number of aromatic nitrogens is 1. The number of hydrogen-bond donors (Lipinski definition) is 5. The van der Waals surface area contributed by atoms with E-state index in [1.165, 1.54) is 6.92 Å². The lowest BCUT2D eigenvalue weighted by Gasteiger charge is -2.32. The zero-order valence-corrected chi connectivity index (χ0v) is 20.8. The Hall–Kier alpha value is -3.10. The molecule has 200 valence electrons. The third-order valence-electron chi connectivity index (χ3n) is 5.14. The Balaban J connectivity index is 2.32. The summed E-state index contributed by atoms with van der Waals surface area (Å²) < 4.78 is 57.0. The van der Waals surface area contributed by atoms with Crippen molar-refractivity contribution in [3.63, 3.8) is 0 Å². The lowest BCUT2D eigenvalue weighted by molar-refractivity contribution is -0.121. The van der Waals surface area contributed by atoms with Crippen LogP contribution in [0.1, 0.15) is 49.2 Å². The maximum Gasteiger partial charge on any atom is 0.309 e. The van der Waals surface area contributed by atoms with Crippen molar-refractivity contribution in [3.8, 4) is 0 Å². The fraction of sp³-hybridized carbons (Fsp3) is 0.500. The van der Waals surface area contributed by atoms with Crippen molar-refractivity contribution in [1.82, 2.24) is 15.6 Å². The zero-order chi connectivity index (χ0) is 27.0. The Labute approximate surface area is 207 Å². The first-order chi connectivity index (χ1) is 16.8. The highest BCUT2D eigenvalue weighted by atomic mass is 32.2. The van der Waals surface area contributed by atoms with Crippen LogP contribution in [0, 0.1) is 11.6 Å². The van der Waals surface area contributed by atoms with Crippen molar-refractivity contribution < 1.29 is 41.4 Å². The van der Waals surface area contributed by atoms with E-state index in [1.807, 2.05) is 11.6 Å². The van der Waals surface area contributed by atoms with Gasteiger partial charge in [0.15, 0.2) is 5.69 Å². The van der Waals surface area contributed by atoms with E-state index in [0.717, 1.165) is 31.1 Å². The molecule has 0 aliphatic heterocycles. The standard InChI is InChI=1S/C22H30F2N4O7S/c1-4-5-6-16(25-12(2)29)19(30)20(31)17(9-13-7-14(23)10-15(24)8-13)26-21(32)18-11-35-22(27-18)28-36(3,33)34/h7-8,10-11,16-17,19-20,30-31H,4-6,9H2,1-3H3,(H,25,29)(H,26,32)(H,27,28)/t16-,17+,19-,20-/m1/s1. The summed E-state index contributed by atoms with van der Waals surface area (Å²) in [7, 11) is -3.73. The first kappa shape index (κ1) is 29.1. The number of amides is 2. The summed E-state index contributed by atoms with van der Waals surface area (Å²) in [5, 5.41) is 26.8. The normalized spacial score (nSPS) is 15.0. The van der Waals surface area contributed by atoms with E-state index in [9.17, 15) is 37.0 Å². The van der Waals surface area contributed by atoms with Crippen LogP contribution in [0.25, 0.3) is 0 Å². The van der Waals surface area contributed by atoms with Crippen molar-refractivity contribution in [2.24, 2.45) is 0 Å². The number of nitrogens with one attached hydrogen (secondary N) is 3. The third kappa shape index (κ3) is 9.17. The molecule has 1 aromatic heterocycles. The first-order valence-electron chi connectivity index (χ1n) is 11.1. The molecule has 0 aliphatic carbocycles. The van der Waals surface area contributed by atoms with Crippen LogP contribution in [-0.2, 0) is 21.2 Å². The van der Waals surface area contributed by atoms with Crippen LogP contribution in [0.2, 0.25) is 0 Å². The molecule has 0 spiro atoms. The minimum atomic E-state index is -3.73. The van der Waals surface area contributed by atoms with Gasteiger partial charge in [0.25, 0.3) is 5.91 Å². The van der Waals surface area contributed by atoms with Crippen LogP contribution < -0.4 is 15.4 Å². The Kier molecular flexibility index (Phi) is 10.3. The Morgan fingerprint density at radius 2 is 1.69 bits per heavy atom. The van der Waals surface area contributed by atoms with E-state index in [0.29, 0.717) is 18.9 Å². The number of anilines is 1. The number of hydrogen-bond acceptors (Lipinski definition) is 8. The molecule has 0 saturated heterocycles. The van der Waals surface area contributed by atoms with Gasteiger partial charge in [0.05, 0.1) is 18.3 Å². The Bertz CT molecular complexity index is 1140. The van der Waals surface area contributed by atoms with Crippen LogP contribution in [-0.4, -0.2) is 66.0 Å². The molecule has 4 atom stereocenters. The number of aliphatic hydroxyl groups is 2. The monoisotopic (exact) mass is 532 g/mol. The topological polar surface area (TPSA) is 171 Å². The largest absolute Gasteiger partial charge is 0.431 e. The highest BCUT2D eigenvalue weighted by molar-refractivity contribution is 7.91. The van der Waals surface area contributed by atoms with Crippen molar-refractivity contribution in [1.29, 1.82) is 0 Å². The molecular weight excluding hydrogens is 502 g/mol. The maximum absolute atomic E-state index is 13.7. The quantitative estimate of drug-likeness (QED) is 0.255. The van der Waals surface area contributed by atoms with E-state index in [-0.39, 0.29) is 17.7 Å². The fourth-order valence-electron chi connectivity index (χ4n) is 3.56. The van der Waals surface area contributed by atoms with Crippen molar-refractivity contribution in [3.05, 3.63) is 47.4 Å². The van der Waals surface area contributed by atoms with Gasteiger partial charge in [-0.2, -0.15) is 4.98 Å². The van der Waals surface area contributed by atoms with Crippen molar-refractivity contribution in [2.75, 3.05) is 11.0 Å². The minimum absolute atomic E-state index is 0.0771. The molecule has 0 radical (unpaired) electrons. The van der Waals surface area contributed by atoms with Gasteiger partial charge in [0.2, 0.25) is 15.9 Å². The number of nitrogens with zero attached hydrogens (tertiary/aromatic N) is 1. The highest BCUT2D eigenvalue weighted by Crippen LogP contribution is 2.18. The molecule has 0 bridgehead atoms. The number of halogens is 2. The van der Waals surface area contributed by atoms with Gasteiger partial charge in [-0.1, -0.05) is 19.8 Å². The van der Waals surface area contributed by atoms with Gasteiger partial charge < -0.3 is 25.3 Å². The second kappa shape index (κ2) is 12.7. The number of sulfonamides is 1. The average molecular weight is 533 g/mol. The molecule has 1 heterocycles. The van der Waals surface area contributed by atoms with Crippen LogP contribution in [0.15, 0.2) is 28.9 Å². The molecule has 2 rings (SSSR count). The van der Waals surface area contributed by atoms with Crippen LogP contribution in [0.5, 0.6) is 0 Å². The predicted molar refractivity (Wildman–Crippen MR) is 125 cm³/mol. The molecule has 14 heteroatoms. The number of aliphatic hydroxyl groups excluding tert-OH is 2. The summed E-state index contributed by atoms with van der Waals surface area (Å²) in [5.74, 6) is -3.11. The SMILES string of the molecule is CCCC[C@@H](NC(C)=O)[C@@H](O)[C@H](O)[C@H](Cc1cc(F)cc(F)c1)NC(=O)c1coc(NS(C)(=O)=O)n1. The van der Waals surface area contributed by atoms with Crippen LogP contribution in [0.3, 0.4) is 0 Å². The molecule has 1 aromatic carbocycles. The van der Waals surface area contributed by atoms with Gasteiger partial charge in [0.1, 0.15) is 30.1 Å². The molecule has 0 fully saturated rings. The van der Waals surface area contributed by atoms with E-state index in [4.69, 9.17) is 4.42 Å². The number of rotatable bonds is 13. The van der Waals surface area contributed by atoms with Crippen molar-refractivity contribution in [2.45, 2.75) is 63.8 Å². The predicted octanol–water partition coefficient (Wildman–Crippen LogP) is 1.08. The summed E-state index contributed by atoms with van der Waals surface area (Å²) >= 11 is 0. The summed E-state index contributed by atoms with van der Waals surface area (Å²) in [6.07, 6.45) is -0.121. The highest BCUT2D eigenvalue weighted by Gasteiger charge is 2.34.